The molecule has 0 aromatic heterocycles. The summed E-state index contributed by atoms with van der Waals surface area (Å²) in [6.07, 6.45) is 2.53. The number of guanidine groups is 1. The summed E-state index contributed by atoms with van der Waals surface area (Å²) >= 11 is 0. The standard InChI is InChI=1S/C23H38N6O/c1-3-24-23(25-16-19-18-27-12-14-28(19)15-13-27)26-17-21(29-10-6-7-11-29)20-8-4-5-9-22(20)30-2/h4-5,8-9,19,21H,3,6-7,10-18H2,1-2H3,(H2,24,25,26). The molecule has 2 atom stereocenters. The van der Waals surface area contributed by atoms with E-state index in [0.29, 0.717) is 6.04 Å². The van der Waals surface area contributed by atoms with Gasteiger partial charge in [0.1, 0.15) is 5.75 Å². The van der Waals surface area contributed by atoms with Crippen LogP contribution in [0.2, 0.25) is 0 Å². The number of nitrogens with one attached hydrogen (secondary N) is 2. The van der Waals surface area contributed by atoms with Gasteiger partial charge in [-0.15, -0.1) is 0 Å². The fourth-order valence-electron chi connectivity index (χ4n) is 5.06. The van der Waals surface area contributed by atoms with E-state index >= 15 is 0 Å². The van der Waals surface area contributed by atoms with Crippen molar-refractivity contribution in [2.45, 2.75) is 31.8 Å². The zero-order valence-electron chi connectivity index (χ0n) is 18.6. The predicted molar refractivity (Wildman–Crippen MR) is 122 cm³/mol. The van der Waals surface area contributed by atoms with Gasteiger partial charge >= 0.3 is 0 Å². The van der Waals surface area contributed by atoms with Crippen LogP contribution in [0.1, 0.15) is 31.4 Å². The Hall–Kier alpha value is -1.83. The number of likely N-dealkylation sites (tertiary alicyclic amines) is 1. The molecule has 7 nitrogen and oxygen atoms in total. The Morgan fingerprint density at radius 2 is 1.87 bits per heavy atom. The van der Waals surface area contributed by atoms with E-state index in [1.54, 1.807) is 7.11 Å². The number of benzene rings is 1. The molecular weight excluding hydrogens is 376 g/mol. The molecule has 0 amide bonds. The van der Waals surface area contributed by atoms with Crippen molar-refractivity contribution in [2.75, 3.05) is 72.6 Å². The van der Waals surface area contributed by atoms with Gasteiger partial charge in [0.25, 0.3) is 0 Å². The Labute approximate surface area is 181 Å². The van der Waals surface area contributed by atoms with Gasteiger partial charge in [0.2, 0.25) is 0 Å². The van der Waals surface area contributed by atoms with Crippen molar-refractivity contribution in [3.05, 3.63) is 29.8 Å². The molecule has 2 unspecified atom stereocenters. The first-order valence-electron chi connectivity index (χ1n) is 11.6. The Morgan fingerprint density at radius 3 is 2.53 bits per heavy atom. The van der Waals surface area contributed by atoms with Crippen molar-refractivity contribution in [3.8, 4) is 5.75 Å². The maximum absolute atomic E-state index is 5.68. The van der Waals surface area contributed by atoms with E-state index in [-0.39, 0.29) is 6.04 Å². The van der Waals surface area contributed by atoms with Crippen LogP contribution in [-0.4, -0.2) is 99.3 Å². The van der Waals surface area contributed by atoms with E-state index in [0.717, 1.165) is 44.4 Å². The molecule has 1 aromatic rings. The molecule has 0 aliphatic carbocycles. The SMILES string of the molecule is CCNC(=NCC(c1ccccc1OC)N1CCCC1)NCC1CN2CCN1CC2. The van der Waals surface area contributed by atoms with Crippen LogP contribution in [0, 0.1) is 0 Å². The number of aliphatic imine (C=N–C) groups is 1. The third-order valence-corrected chi connectivity index (χ3v) is 6.74. The van der Waals surface area contributed by atoms with Gasteiger partial charge in [0.05, 0.1) is 19.7 Å². The van der Waals surface area contributed by atoms with Crippen LogP contribution in [-0.2, 0) is 0 Å². The number of piperazine rings is 3. The molecule has 0 radical (unpaired) electrons. The fraction of sp³-hybridized carbons (Fsp3) is 0.696. The highest BCUT2D eigenvalue weighted by atomic mass is 16.5. The number of para-hydroxylation sites is 1. The summed E-state index contributed by atoms with van der Waals surface area (Å²) in [5.41, 5.74) is 1.24. The second-order valence-electron chi connectivity index (χ2n) is 8.59. The van der Waals surface area contributed by atoms with E-state index < -0.39 is 0 Å². The van der Waals surface area contributed by atoms with Gasteiger partial charge in [-0.3, -0.25) is 19.7 Å². The molecule has 4 heterocycles. The number of nitrogens with zero attached hydrogens (tertiary/aromatic N) is 4. The topological polar surface area (TPSA) is 55.4 Å². The number of hydrogen-bond acceptors (Lipinski definition) is 5. The monoisotopic (exact) mass is 414 g/mol. The number of rotatable bonds is 8. The minimum Gasteiger partial charge on any atom is -0.496 e. The van der Waals surface area contributed by atoms with Crippen molar-refractivity contribution in [1.29, 1.82) is 0 Å². The van der Waals surface area contributed by atoms with Crippen LogP contribution in [0.3, 0.4) is 0 Å². The molecule has 4 fully saturated rings. The second kappa shape index (κ2) is 10.5. The van der Waals surface area contributed by atoms with Crippen LogP contribution in [0.4, 0.5) is 0 Å². The molecule has 5 rings (SSSR count). The van der Waals surface area contributed by atoms with E-state index in [4.69, 9.17) is 9.73 Å². The number of ether oxygens (including phenoxy) is 1. The third-order valence-electron chi connectivity index (χ3n) is 6.74. The first-order chi connectivity index (χ1) is 14.8. The van der Waals surface area contributed by atoms with E-state index in [1.807, 2.05) is 6.07 Å². The van der Waals surface area contributed by atoms with Gasteiger partial charge in [-0.25, -0.2) is 0 Å². The highest BCUT2D eigenvalue weighted by molar-refractivity contribution is 5.79. The lowest BCUT2D eigenvalue weighted by molar-refractivity contribution is 0.0154. The predicted octanol–water partition coefficient (Wildman–Crippen LogP) is 1.39. The van der Waals surface area contributed by atoms with E-state index in [9.17, 15) is 0 Å². The Kier molecular flexibility index (Phi) is 7.47. The van der Waals surface area contributed by atoms with Crippen LogP contribution < -0.4 is 15.4 Å². The smallest absolute Gasteiger partial charge is 0.191 e. The van der Waals surface area contributed by atoms with E-state index in [1.165, 1.54) is 51.1 Å². The molecule has 4 saturated heterocycles. The molecule has 166 valence electrons. The average molecular weight is 415 g/mol. The summed E-state index contributed by atoms with van der Waals surface area (Å²) in [6.45, 7) is 13.0. The summed E-state index contributed by atoms with van der Waals surface area (Å²) in [4.78, 5) is 12.8. The Morgan fingerprint density at radius 1 is 1.10 bits per heavy atom. The van der Waals surface area contributed by atoms with Crippen molar-refractivity contribution < 1.29 is 4.74 Å². The van der Waals surface area contributed by atoms with Gasteiger partial charge in [-0.2, -0.15) is 0 Å². The largest absolute Gasteiger partial charge is 0.496 e. The van der Waals surface area contributed by atoms with Gasteiger partial charge in [0.15, 0.2) is 5.96 Å². The molecule has 1 aromatic carbocycles. The Bertz CT molecular complexity index is 697. The Balaban J connectivity index is 1.44. The lowest BCUT2D eigenvalue weighted by Crippen LogP contribution is -2.63. The fourth-order valence-corrected chi connectivity index (χ4v) is 5.06. The van der Waals surface area contributed by atoms with Crippen LogP contribution in [0.25, 0.3) is 0 Å². The molecule has 4 aliphatic heterocycles. The van der Waals surface area contributed by atoms with Crippen LogP contribution >= 0.6 is 0 Å². The van der Waals surface area contributed by atoms with Crippen molar-refractivity contribution in [3.63, 3.8) is 0 Å². The summed E-state index contributed by atoms with van der Waals surface area (Å²) in [5, 5.41) is 7.07. The second-order valence-corrected chi connectivity index (χ2v) is 8.59. The van der Waals surface area contributed by atoms with Gasteiger partial charge in [0, 0.05) is 57.4 Å². The van der Waals surface area contributed by atoms with Crippen molar-refractivity contribution in [2.24, 2.45) is 4.99 Å². The number of fused-ring (bicyclic) bond motifs is 3. The molecule has 0 spiro atoms. The number of methoxy groups -OCH3 is 1. The normalized spacial score (nSPS) is 27.8. The highest BCUT2D eigenvalue weighted by Gasteiger charge is 2.31. The van der Waals surface area contributed by atoms with Crippen LogP contribution in [0.15, 0.2) is 29.3 Å². The minimum atomic E-state index is 0.250. The lowest BCUT2D eigenvalue weighted by atomic mass is 10.0. The van der Waals surface area contributed by atoms with Crippen LogP contribution in [0.5, 0.6) is 5.75 Å². The quantitative estimate of drug-likeness (QED) is 0.495. The van der Waals surface area contributed by atoms with Crippen molar-refractivity contribution >= 4 is 5.96 Å². The summed E-state index contributed by atoms with van der Waals surface area (Å²) in [5.74, 6) is 1.89. The molecule has 2 bridgehead atoms. The first-order valence-corrected chi connectivity index (χ1v) is 11.6. The molecular formula is C23H38N6O. The van der Waals surface area contributed by atoms with E-state index in [2.05, 4.69) is 50.5 Å². The maximum atomic E-state index is 5.68. The summed E-state index contributed by atoms with van der Waals surface area (Å²) in [6, 6.07) is 9.24. The van der Waals surface area contributed by atoms with Gasteiger partial charge in [-0.1, -0.05) is 18.2 Å². The van der Waals surface area contributed by atoms with Gasteiger partial charge < -0.3 is 15.4 Å². The first kappa shape index (κ1) is 21.4. The zero-order chi connectivity index (χ0) is 20.8. The van der Waals surface area contributed by atoms with Gasteiger partial charge in [-0.05, 0) is 38.9 Å². The molecule has 7 heteroatoms. The molecule has 30 heavy (non-hydrogen) atoms. The molecule has 4 aliphatic rings. The van der Waals surface area contributed by atoms with Crippen molar-refractivity contribution in [1.82, 2.24) is 25.3 Å². The summed E-state index contributed by atoms with van der Waals surface area (Å²) < 4.78 is 5.68. The third kappa shape index (κ3) is 5.07. The number of hydrogen-bond donors (Lipinski definition) is 2. The highest BCUT2D eigenvalue weighted by Crippen LogP contribution is 2.31. The average Bonchev–Trinajstić information content (AvgIpc) is 3.33. The maximum Gasteiger partial charge on any atom is 0.191 e. The zero-order valence-corrected chi connectivity index (χ0v) is 18.6. The lowest BCUT2D eigenvalue weighted by Gasteiger charge is -2.47. The molecule has 0 saturated carbocycles. The molecule has 2 N–H and O–H groups in total. The summed E-state index contributed by atoms with van der Waals surface area (Å²) in [7, 11) is 1.76. The minimum absolute atomic E-state index is 0.250.